The molecule has 0 saturated heterocycles. The zero-order valence-electron chi connectivity index (χ0n) is 17.7. The second kappa shape index (κ2) is 8.15. The third kappa shape index (κ3) is 3.93. The summed E-state index contributed by atoms with van der Waals surface area (Å²) in [6.45, 7) is 3.95. The van der Waals surface area contributed by atoms with Gasteiger partial charge in [-0.1, -0.05) is 36.0 Å². The van der Waals surface area contributed by atoms with Crippen molar-refractivity contribution in [2.75, 3.05) is 0 Å². The van der Waals surface area contributed by atoms with Crippen LogP contribution in [0.2, 0.25) is 0 Å². The second-order valence-electron chi connectivity index (χ2n) is 7.60. The number of halogens is 1. The van der Waals surface area contributed by atoms with Gasteiger partial charge in [-0.3, -0.25) is 14.2 Å². The van der Waals surface area contributed by atoms with Crippen molar-refractivity contribution >= 4 is 28.6 Å². The molecule has 0 amide bonds. The number of carbonyl (C=O) groups excluding carboxylic acids is 1. The van der Waals surface area contributed by atoms with Crippen LogP contribution in [0.4, 0.5) is 4.39 Å². The van der Waals surface area contributed by atoms with Crippen LogP contribution in [0.15, 0.2) is 64.7 Å². The molecule has 0 bridgehead atoms. The number of fused-ring (bicyclic) bond motifs is 1. The molecule has 0 spiro atoms. The van der Waals surface area contributed by atoms with Crippen LogP contribution in [0.3, 0.4) is 0 Å². The quantitative estimate of drug-likeness (QED) is 0.257. The number of aromatic nitrogens is 3. The van der Waals surface area contributed by atoms with E-state index in [1.807, 2.05) is 43.8 Å². The Morgan fingerprint density at radius 2 is 1.61 bits per heavy atom. The van der Waals surface area contributed by atoms with Crippen LogP contribution in [0, 0.1) is 12.7 Å². The van der Waals surface area contributed by atoms with Gasteiger partial charge in [0.25, 0.3) is 5.56 Å². The van der Waals surface area contributed by atoms with E-state index in [1.165, 1.54) is 36.0 Å². The topological polar surface area (TPSA) is 56.9 Å². The zero-order valence-corrected chi connectivity index (χ0v) is 18.5. The van der Waals surface area contributed by atoms with E-state index in [0.29, 0.717) is 27.3 Å². The molecule has 4 rings (SSSR count). The van der Waals surface area contributed by atoms with Gasteiger partial charge in [0.2, 0.25) is 0 Å². The van der Waals surface area contributed by atoms with E-state index in [4.69, 9.17) is 4.98 Å². The lowest BCUT2D eigenvalue weighted by Gasteiger charge is -2.14. The minimum atomic E-state index is -0.371. The van der Waals surface area contributed by atoms with Gasteiger partial charge in [0.1, 0.15) is 11.5 Å². The normalized spacial score (nSPS) is 12.3. The predicted molar refractivity (Wildman–Crippen MR) is 121 cm³/mol. The molecule has 2 aromatic heterocycles. The first kappa shape index (κ1) is 21.1. The average molecular weight is 436 g/mol. The third-order valence-electron chi connectivity index (χ3n) is 5.38. The molecule has 1 unspecified atom stereocenters. The number of hydrogen-bond donors (Lipinski definition) is 0. The maximum absolute atomic E-state index is 13.1. The van der Waals surface area contributed by atoms with Crippen molar-refractivity contribution < 1.29 is 9.18 Å². The van der Waals surface area contributed by atoms with E-state index in [9.17, 15) is 14.0 Å². The molecule has 31 heavy (non-hydrogen) atoms. The predicted octanol–water partition coefficient (Wildman–Crippen LogP) is 4.80. The largest absolute Gasteiger partial charge is 0.335 e. The van der Waals surface area contributed by atoms with Crippen molar-refractivity contribution in [3.05, 3.63) is 93.2 Å². The number of hydrogen-bond acceptors (Lipinski definition) is 4. The molecule has 0 N–H and O–H groups in total. The van der Waals surface area contributed by atoms with Crippen molar-refractivity contribution in [2.45, 2.75) is 24.3 Å². The van der Waals surface area contributed by atoms with Crippen molar-refractivity contribution in [1.82, 2.24) is 14.1 Å². The van der Waals surface area contributed by atoms with Gasteiger partial charge in [0.15, 0.2) is 10.9 Å². The van der Waals surface area contributed by atoms with E-state index in [1.54, 1.807) is 23.7 Å². The molecule has 0 radical (unpaired) electrons. The summed E-state index contributed by atoms with van der Waals surface area (Å²) < 4.78 is 16.6. The Hall–Kier alpha value is -3.19. The van der Waals surface area contributed by atoms with Crippen LogP contribution < -0.4 is 5.56 Å². The number of aryl methyl sites for hydroxylation is 2. The van der Waals surface area contributed by atoms with E-state index in [2.05, 4.69) is 0 Å². The van der Waals surface area contributed by atoms with Crippen LogP contribution in [0.25, 0.3) is 11.0 Å². The van der Waals surface area contributed by atoms with Gasteiger partial charge in [-0.05, 0) is 49.2 Å². The smallest absolute Gasteiger partial charge is 0.263 e. The lowest BCUT2D eigenvalue weighted by atomic mass is 10.0. The van der Waals surface area contributed by atoms with Gasteiger partial charge in [-0.15, -0.1) is 0 Å². The Morgan fingerprint density at radius 1 is 1.03 bits per heavy atom. The number of carbonyl (C=O) groups is 1. The van der Waals surface area contributed by atoms with E-state index < -0.39 is 0 Å². The summed E-state index contributed by atoms with van der Waals surface area (Å²) in [4.78, 5) is 30.1. The fraction of sp³-hybridized carbons (Fsp3) is 0.208. The minimum absolute atomic E-state index is 0.0203. The van der Waals surface area contributed by atoms with Crippen molar-refractivity contribution in [2.24, 2.45) is 14.1 Å². The molecule has 2 aromatic carbocycles. The van der Waals surface area contributed by atoms with Crippen molar-refractivity contribution in [3.8, 4) is 0 Å². The Labute approximate surface area is 183 Å². The number of benzene rings is 2. The molecular weight excluding hydrogens is 413 g/mol. The summed E-state index contributed by atoms with van der Waals surface area (Å²) >= 11 is 1.49. The number of thioether (sulfide) groups is 1. The van der Waals surface area contributed by atoms with Crippen molar-refractivity contribution in [1.29, 1.82) is 0 Å². The van der Waals surface area contributed by atoms with E-state index >= 15 is 0 Å². The number of ketones is 1. The Morgan fingerprint density at radius 3 is 2.23 bits per heavy atom. The highest BCUT2D eigenvalue weighted by Crippen LogP contribution is 2.34. The molecule has 2 heterocycles. The highest BCUT2D eigenvalue weighted by molar-refractivity contribution is 7.99. The Kier molecular flexibility index (Phi) is 5.54. The van der Waals surface area contributed by atoms with Crippen LogP contribution in [-0.4, -0.2) is 19.9 Å². The van der Waals surface area contributed by atoms with Crippen LogP contribution >= 0.6 is 11.8 Å². The summed E-state index contributed by atoms with van der Waals surface area (Å²) in [7, 11) is 3.62. The fourth-order valence-corrected chi connectivity index (χ4v) is 4.58. The van der Waals surface area contributed by atoms with Gasteiger partial charge < -0.3 is 4.57 Å². The Balaban J connectivity index is 1.58. The molecule has 0 saturated carbocycles. The van der Waals surface area contributed by atoms with Gasteiger partial charge in [-0.2, -0.15) is 0 Å². The summed E-state index contributed by atoms with van der Waals surface area (Å²) in [5, 5.41) is 1.30. The highest BCUT2D eigenvalue weighted by atomic mass is 32.2. The first-order valence-electron chi connectivity index (χ1n) is 9.86. The van der Waals surface area contributed by atoms with E-state index in [0.717, 1.165) is 11.1 Å². The second-order valence-corrected chi connectivity index (χ2v) is 8.91. The monoisotopic (exact) mass is 435 g/mol. The zero-order chi connectivity index (χ0) is 22.3. The summed E-state index contributed by atoms with van der Waals surface area (Å²) in [6.07, 6.45) is 1.91. The minimum Gasteiger partial charge on any atom is -0.335 e. The molecule has 0 aliphatic heterocycles. The summed E-state index contributed by atoms with van der Waals surface area (Å²) in [6, 6.07) is 12.9. The molecule has 0 fully saturated rings. The number of rotatable bonds is 5. The van der Waals surface area contributed by atoms with Crippen LogP contribution in [0.1, 0.15) is 39.2 Å². The summed E-state index contributed by atoms with van der Waals surface area (Å²) in [5.74, 6) is -0.523. The molecule has 4 aromatic rings. The van der Waals surface area contributed by atoms with Gasteiger partial charge in [-0.25, -0.2) is 9.37 Å². The van der Waals surface area contributed by atoms with Crippen LogP contribution in [-0.2, 0) is 14.1 Å². The Bertz CT molecular complexity index is 1340. The number of nitrogens with zero attached hydrogens (tertiary/aromatic N) is 3. The fourth-order valence-electron chi connectivity index (χ4n) is 3.59. The van der Waals surface area contributed by atoms with Gasteiger partial charge in [0, 0.05) is 36.7 Å². The van der Waals surface area contributed by atoms with Gasteiger partial charge in [0.05, 0.1) is 5.39 Å². The molecule has 1 atom stereocenters. The maximum Gasteiger partial charge on any atom is 0.263 e. The lowest BCUT2D eigenvalue weighted by molar-refractivity contribution is 0.103. The molecule has 158 valence electrons. The molecule has 7 heteroatoms. The summed E-state index contributed by atoms with van der Waals surface area (Å²) in [5.41, 5.74) is 3.53. The first-order chi connectivity index (χ1) is 14.8. The highest BCUT2D eigenvalue weighted by Gasteiger charge is 2.17. The third-order valence-corrected chi connectivity index (χ3v) is 6.58. The standard InChI is InChI=1S/C24H22FN3O2S/c1-14-13-27(3)22-20(14)23(30)28(4)24(26-22)31-15(2)16-5-7-17(8-6-16)21(29)18-9-11-19(25)12-10-18/h5-13,15H,1-4H3. The molecular formula is C24H22FN3O2S. The lowest BCUT2D eigenvalue weighted by Crippen LogP contribution is -2.20. The average Bonchev–Trinajstić information content (AvgIpc) is 3.05. The van der Waals surface area contributed by atoms with E-state index in [-0.39, 0.29) is 22.4 Å². The molecule has 0 aliphatic rings. The molecule has 5 nitrogen and oxygen atoms in total. The van der Waals surface area contributed by atoms with Crippen molar-refractivity contribution in [3.63, 3.8) is 0 Å². The van der Waals surface area contributed by atoms with Crippen LogP contribution in [0.5, 0.6) is 0 Å². The SMILES string of the molecule is Cc1cn(C)c2nc(SC(C)c3ccc(C(=O)c4ccc(F)cc4)cc3)n(C)c(=O)c12. The maximum atomic E-state index is 13.1. The van der Waals surface area contributed by atoms with Gasteiger partial charge >= 0.3 is 0 Å². The molecule has 0 aliphatic carbocycles. The first-order valence-corrected chi connectivity index (χ1v) is 10.7.